The molecule has 4 nitrogen and oxygen atoms in total. The Morgan fingerprint density at radius 3 is 2.80 bits per heavy atom. The Hall–Kier alpha value is -1.73. The first kappa shape index (κ1) is 18.1. The quantitative estimate of drug-likeness (QED) is 0.647. The van der Waals surface area contributed by atoms with Gasteiger partial charge in [-0.3, -0.25) is 4.79 Å². The molecular weight excluding hydrogens is 386 g/mol. The summed E-state index contributed by atoms with van der Waals surface area (Å²) in [6.45, 7) is 0.995. The van der Waals surface area contributed by atoms with Crippen LogP contribution in [0.2, 0.25) is 10.0 Å². The van der Waals surface area contributed by atoms with Gasteiger partial charge in [-0.25, -0.2) is 4.39 Å². The van der Waals surface area contributed by atoms with Crippen molar-refractivity contribution in [2.45, 2.75) is 6.54 Å². The fourth-order valence-electron chi connectivity index (χ4n) is 2.34. The topological polar surface area (TPSA) is 43.6 Å². The van der Waals surface area contributed by atoms with Crippen molar-refractivity contribution in [2.75, 3.05) is 13.7 Å². The number of fused-ring (bicyclic) bond motifs is 1. The van der Waals surface area contributed by atoms with E-state index in [1.807, 2.05) is 16.7 Å². The number of amides is 1. The van der Waals surface area contributed by atoms with E-state index >= 15 is 0 Å². The van der Waals surface area contributed by atoms with Crippen LogP contribution in [0.5, 0.6) is 0 Å². The number of nitrogens with zero attached hydrogens (tertiary/aromatic N) is 2. The lowest BCUT2D eigenvalue weighted by atomic mass is 10.2. The Morgan fingerprint density at radius 1 is 1.28 bits per heavy atom. The monoisotopic (exact) mass is 398 g/mol. The summed E-state index contributed by atoms with van der Waals surface area (Å²) in [4.78, 5) is 17.2. The number of rotatable bonds is 4. The lowest BCUT2D eigenvalue weighted by Gasteiger charge is -2.04. The Morgan fingerprint density at radius 2 is 2.08 bits per heavy atom. The van der Waals surface area contributed by atoms with Gasteiger partial charge < -0.3 is 9.30 Å². The molecule has 0 spiro atoms. The summed E-state index contributed by atoms with van der Waals surface area (Å²) >= 11 is 13.3. The van der Waals surface area contributed by atoms with Crippen molar-refractivity contribution in [3.63, 3.8) is 0 Å². The van der Waals surface area contributed by atoms with Gasteiger partial charge in [0, 0.05) is 18.7 Å². The molecule has 0 unspecified atom stereocenters. The van der Waals surface area contributed by atoms with Crippen molar-refractivity contribution in [1.29, 1.82) is 0 Å². The second-order valence-corrected chi connectivity index (χ2v) is 7.03. The molecule has 3 rings (SSSR count). The Balaban J connectivity index is 2.12. The van der Waals surface area contributed by atoms with E-state index in [1.54, 1.807) is 13.2 Å². The molecule has 0 aliphatic rings. The van der Waals surface area contributed by atoms with Crippen molar-refractivity contribution < 1.29 is 13.9 Å². The van der Waals surface area contributed by atoms with E-state index in [2.05, 4.69) is 4.99 Å². The van der Waals surface area contributed by atoms with Crippen molar-refractivity contribution in [1.82, 2.24) is 4.57 Å². The molecule has 2 aromatic carbocycles. The average Bonchev–Trinajstić information content (AvgIpc) is 2.88. The first-order chi connectivity index (χ1) is 12.0. The van der Waals surface area contributed by atoms with Gasteiger partial charge in [-0.2, -0.15) is 4.99 Å². The molecular formula is C17H13Cl2FN2O2S. The van der Waals surface area contributed by atoms with Gasteiger partial charge >= 0.3 is 0 Å². The van der Waals surface area contributed by atoms with Gasteiger partial charge in [0.05, 0.1) is 27.4 Å². The summed E-state index contributed by atoms with van der Waals surface area (Å²) in [5.41, 5.74) is 1.06. The number of benzene rings is 2. The predicted molar refractivity (Wildman–Crippen MR) is 98.0 cm³/mol. The van der Waals surface area contributed by atoms with Crippen LogP contribution in [0.25, 0.3) is 10.2 Å². The van der Waals surface area contributed by atoms with Gasteiger partial charge in [0.1, 0.15) is 5.82 Å². The number of hydrogen-bond acceptors (Lipinski definition) is 3. The maximum atomic E-state index is 13.2. The maximum absolute atomic E-state index is 13.2. The first-order valence-electron chi connectivity index (χ1n) is 7.31. The van der Waals surface area contributed by atoms with E-state index < -0.39 is 11.7 Å². The predicted octanol–water partition coefficient (Wildman–Crippen LogP) is 4.54. The van der Waals surface area contributed by atoms with Crippen LogP contribution in [0.4, 0.5) is 4.39 Å². The molecule has 8 heteroatoms. The van der Waals surface area contributed by atoms with Crippen molar-refractivity contribution in [3.05, 3.63) is 62.6 Å². The van der Waals surface area contributed by atoms with Gasteiger partial charge in [-0.15, -0.1) is 0 Å². The molecule has 0 radical (unpaired) electrons. The number of aromatic nitrogens is 1. The summed E-state index contributed by atoms with van der Waals surface area (Å²) in [6.07, 6.45) is 0. The fraction of sp³-hybridized carbons (Fsp3) is 0.176. The van der Waals surface area contributed by atoms with Crippen LogP contribution < -0.4 is 4.80 Å². The molecule has 130 valence electrons. The van der Waals surface area contributed by atoms with Gasteiger partial charge in [0.15, 0.2) is 4.80 Å². The van der Waals surface area contributed by atoms with Crippen LogP contribution >= 0.6 is 34.5 Å². The lowest BCUT2D eigenvalue weighted by molar-refractivity contribution is 0.0997. The van der Waals surface area contributed by atoms with Crippen LogP contribution in [0, 0.1) is 5.82 Å². The highest BCUT2D eigenvalue weighted by Crippen LogP contribution is 2.22. The Kier molecular flexibility index (Phi) is 5.54. The van der Waals surface area contributed by atoms with Gasteiger partial charge in [-0.05, 0) is 36.4 Å². The van der Waals surface area contributed by atoms with Crippen molar-refractivity contribution >= 4 is 50.7 Å². The molecule has 0 fully saturated rings. The molecule has 0 saturated heterocycles. The van der Waals surface area contributed by atoms with E-state index in [0.717, 1.165) is 16.3 Å². The number of thiazole rings is 1. The zero-order chi connectivity index (χ0) is 18.0. The van der Waals surface area contributed by atoms with E-state index in [4.69, 9.17) is 27.9 Å². The summed E-state index contributed by atoms with van der Waals surface area (Å²) in [6, 6.07) is 9.07. The highest BCUT2D eigenvalue weighted by Gasteiger charge is 2.13. The van der Waals surface area contributed by atoms with Gasteiger partial charge in [0.25, 0.3) is 5.91 Å². The standard InChI is InChI=1S/C17H13Cl2FN2O2S/c1-24-7-6-22-14-5-2-10(18)8-15(14)25-17(22)21-16(23)12-4-3-11(20)9-13(12)19/h2-5,8-9H,6-7H2,1H3. The molecule has 0 saturated carbocycles. The minimum absolute atomic E-state index is 0.0290. The second kappa shape index (κ2) is 7.66. The Bertz CT molecular complexity index is 1010. The van der Waals surface area contributed by atoms with Crippen LogP contribution in [-0.2, 0) is 11.3 Å². The third-order valence-electron chi connectivity index (χ3n) is 3.52. The fourth-order valence-corrected chi connectivity index (χ4v) is 3.92. The molecule has 1 aromatic heterocycles. The van der Waals surface area contributed by atoms with Crippen molar-refractivity contribution in [2.24, 2.45) is 4.99 Å². The normalized spacial score (nSPS) is 12.1. The summed E-state index contributed by atoms with van der Waals surface area (Å²) in [7, 11) is 1.60. The minimum Gasteiger partial charge on any atom is -0.383 e. The van der Waals surface area contributed by atoms with Gasteiger partial charge in [0.2, 0.25) is 0 Å². The van der Waals surface area contributed by atoms with E-state index in [9.17, 15) is 9.18 Å². The largest absolute Gasteiger partial charge is 0.383 e. The number of carbonyl (C=O) groups excluding carboxylic acids is 1. The summed E-state index contributed by atoms with van der Waals surface area (Å²) < 4.78 is 21.1. The molecule has 25 heavy (non-hydrogen) atoms. The van der Waals surface area contributed by atoms with Crippen molar-refractivity contribution in [3.8, 4) is 0 Å². The first-order valence-corrected chi connectivity index (χ1v) is 8.89. The molecule has 1 heterocycles. The molecule has 0 aliphatic heterocycles. The van der Waals surface area contributed by atoms with Crippen LogP contribution in [0.1, 0.15) is 10.4 Å². The molecule has 3 aromatic rings. The highest BCUT2D eigenvalue weighted by atomic mass is 35.5. The maximum Gasteiger partial charge on any atom is 0.281 e. The van der Waals surface area contributed by atoms with Crippen LogP contribution in [0.15, 0.2) is 41.4 Å². The molecule has 0 N–H and O–H groups in total. The van der Waals surface area contributed by atoms with Crippen LogP contribution in [0.3, 0.4) is 0 Å². The van der Waals surface area contributed by atoms with Gasteiger partial charge in [-0.1, -0.05) is 34.5 Å². The van der Waals surface area contributed by atoms with E-state index in [0.29, 0.717) is 23.0 Å². The zero-order valence-corrected chi connectivity index (χ0v) is 15.5. The SMILES string of the molecule is COCCn1c(=NC(=O)c2ccc(F)cc2Cl)sc2cc(Cl)ccc21. The average molecular weight is 399 g/mol. The molecule has 1 amide bonds. The lowest BCUT2D eigenvalue weighted by Crippen LogP contribution is -2.19. The second-order valence-electron chi connectivity index (χ2n) is 5.18. The third kappa shape index (κ3) is 3.93. The van der Waals surface area contributed by atoms with Crippen LogP contribution in [-0.4, -0.2) is 24.2 Å². The number of halogens is 3. The molecule has 0 atom stereocenters. The smallest absolute Gasteiger partial charge is 0.281 e. The summed E-state index contributed by atoms with van der Waals surface area (Å²) in [5.74, 6) is -1.04. The molecule has 0 aliphatic carbocycles. The number of ether oxygens (including phenoxy) is 1. The minimum atomic E-state index is -0.534. The summed E-state index contributed by atoms with van der Waals surface area (Å²) in [5, 5.41) is 0.633. The highest BCUT2D eigenvalue weighted by molar-refractivity contribution is 7.16. The number of methoxy groups -OCH3 is 1. The van der Waals surface area contributed by atoms with E-state index in [-0.39, 0.29) is 10.6 Å². The Labute approximate surface area is 157 Å². The zero-order valence-electron chi connectivity index (χ0n) is 13.1. The molecule has 0 bridgehead atoms. The number of hydrogen-bond donors (Lipinski definition) is 0. The third-order valence-corrected chi connectivity index (χ3v) is 5.11. The number of carbonyl (C=O) groups is 1. The van der Waals surface area contributed by atoms with E-state index in [1.165, 1.54) is 23.5 Å².